The summed E-state index contributed by atoms with van der Waals surface area (Å²) in [4.78, 5) is 15.3. The maximum absolute atomic E-state index is 13.3. The van der Waals surface area contributed by atoms with Crippen LogP contribution in [0.4, 0.5) is 0 Å². The molecule has 4 heteroatoms. The number of aryl methyl sites for hydroxylation is 1. The van der Waals surface area contributed by atoms with Crippen LogP contribution in [0.3, 0.4) is 0 Å². The molecular weight excluding hydrogens is 378 g/mol. The standard InChI is InChI=1S/C25H25NO2S/c1-19-9-5-6-12-21(19)24-15-16-26(17-18-29-24)25(27)22-13-7-8-14-23(22)28-20-10-3-2-4-11-20/h2-14,24H,15-18H2,1H3. The van der Waals surface area contributed by atoms with Crippen LogP contribution in [-0.2, 0) is 0 Å². The number of ether oxygens (including phenoxy) is 1. The lowest BCUT2D eigenvalue weighted by molar-refractivity contribution is 0.0764. The van der Waals surface area contributed by atoms with Gasteiger partial charge in [-0.1, -0.05) is 54.6 Å². The number of thioether (sulfide) groups is 1. The van der Waals surface area contributed by atoms with E-state index in [1.165, 1.54) is 11.1 Å². The van der Waals surface area contributed by atoms with Gasteiger partial charge in [0.2, 0.25) is 0 Å². The van der Waals surface area contributed by atoms with Crippen molar-refractivity contribution in [2.75, 3.05) is 18.8 Å². The van der Waals surface area contributed by atoms with Crippen molar-refractivity contribution in [3.05, 3.63) is 95.6 Å². The summed E-state index contributed by atoms with van der Waals surface area (Å²) in [5, 5.41) is 0.435. The molecule has 0 radical (unpaired) electrons. The van der Waals surface area contributed by atoms with E-state index < -0.39 is 0 Å². The number of hydrogen-bond acceptors (Lipinski definition) is 3. The monoisotopic (exact) mass is 403 g/mol. The van der Waals surface area contributed by atoms with Crippen LogP contribution >= 0.6 is 11.8 Å². The summed E-state index contributed by atoms with van der Waals surface area (Å²) < 4.78 is 6.01. The van der Waals surface area contributed by atoms with Gasteiger partial charge in [-0.25, -0.2) is 0 Å². The Balaban J connectivity index is 1.50. The molecular formula is C25H25NO2S. The van der Waals surface area contributed by atoms with Crippen molar-refractivity contribution in [1.29, 1.82) is 0 Å². The number of para-hydroxylation sites is 2. The highest BCUT2D eigenvalue weighted by Gasteiger charge is 2.25. The summed E-state index contributed by atoms with van der Waals surface area (Å²) in [6.07, 6.45) is 0.961. The summed E-state index contributed by atoms with van der Waals surface area (Å²) >= 11 is 1.95. The highest BCUT2D eigenvalue weighted by Crippen LogP contribution is 2.36. The van der Waals surface area contributed by atoms with Crippen molar-refractivity contribution >= 4 is 17.7 Å². The number of hydrogen-bond donors (Lipinski definition) is 0. The van der Waals surface area contributed by atoms with Crippen molar-refractivity contribution in [3.8, 4) is 11.5 Å². The van der Waals surface area contributed by atoms with E-state index in [-0.39, 0.29) is 5.91 Å². The Bertz CT molecular complexity index is 973. The fourth-order valence-corrected chi connectivity index (χ4v) is 5.01. The zero-order valence-corrected chi connectivity index (χ0v) is 17.4. The first-order valence-electron chi connectivity index (χ1n) is 10.0. The first-order valence-corrected chi connectivity index (χ1v) is 11.1. The molecule has 0 bridgehead atoms. The number of carbonyl (C=O) groups is 1. The second kappa shape index (κ2) is 9.19. The minimum absolute atomic E-state index is 0.0440. The van der Waals surface area contributed by atoms with Crippen molar-refractivity contribution in [2.24, 2.45) is 0 Å². The SMILES string of the molecule is Cc1ccccc1C1CCN(C(=O)c2ccccc2Oc2ccccc2)CCS1. The quantitative estimate of drug-likeness (QED) is 0.526. The molecule has 3 aromatic carbocycles. The number of benzene rings is 3. The van der Waals surface area contributed by atoms with Gasteiger partial charge in [-0.05, 0) is 48.7 Å². The number of carbonyl (C=O) groups excluding carboxylic acids is 1. The van der Waals surface area contributed by atoms with Gasteiger partial charge in [0.1, 0.15) is 11.5 Å². The van der Waals surface area contributed by atoms with E-state index in [0.717, 1.165) is 31.0 Å². The first kappa shape index (κ1) is 19.6. The third-order valence-corrected chi connectivity index (χ3v) is 6.56. The first-order chi connectivity index (χ1) is 14.2. The predicted octanol–water partition coefficient (Wildman–Crippen LogP) is 6.11. The van der Waals surface area contributed by atoms with Crippen molar-refractivity contribution in [2.45, 2.75) is 18.6 Å². The van der Waals surface area contributed by atoms with Crippen molar-refractivity contribution in [1.82, 2.24) is 4.90 Å². The maximum Gasteiger partial charge on any atom is 0.257 e. The summed E-state index contributed by atoms with van der Waals surface area (Å²) in [7, 11) is 0. The van der Waals surface area contributed by atoms with Crippen LogP contribution in [-0.4, -0.2) is 29.6 Å². The molecule has 1 fully saturated rings. The Morgan fingerprint density at radius 3 is 2.48 bits per heavy atom. The second-order valence-corrected chi connectivity index (χ2v) is 8.52. The Kier molecular flexibility index (Phi) is 6.20. The van der Waals surface area contributed by atoms with Crippen LogP contribution in [0.2, 0.25) is 0 Å². The van der Waals surface area contributed by atoms with Gasteiger partial charge in [-0.3, -0.25) is 4.79 Å². The van der Waals surface area contributed by atoms with Gasteiger partial charge >= 0.3 is 0 Å². The van der Waals surface area contributed by atoms with E-state index in [1.54, 1.807) is 0 Å². The van der Waals surface area contributed by atoms with E-state index in [1.807, 2.05) is 71.3 Å². The molecule has 0 N–H and O–H groups in total. The van der Waals surface area contributed by atoms with E-state index >= 15 is 0 Å². The Labute approximate surface area is 176 Å². The van der Waals surface area contributed by atoms with E-state index in [0.29, 0.717) is 16.6 Å². The molecule has 1 heterocycles. The average Bonchev–Trinajstić information content (AvgIpc) is 3.01. The van der Waals surface area contributed by atoms with E-state index in [2.05, 4.69) is 31.2 Å². The van der Waals surface area contributed by atoms with Gasteiger partial charge in [0.05, 0.1) is 5.56 Å². The van der Waals surface area contributed by atoms with Gasteiger partial charge in [0, 0.05) is 24.1 Å². The molecule has 1 aliphatic rings. The second-order valence-electron chi connectivity index (χ2n) is 7.21. The fraction of sp³-hybridized carbons (Fsp3) is 0.240. The lowest BCUT2D eigenvalue weighted by atomic mass is 10.0. The zero-order valence-electron chi connectivity index (χ0n) is 16.6. The molecule has 1 unspecified atom stereocenters. The molecule has 148 valence electrons. The maximum atomic E-state index is 13.3. The number of nitrogens with zero attached hydrogens (tertiary/aromatic N) is 1. The lowest BCUT2D eigenvalue weighted by Crippen LogP contribution is -2.33. The minimum Gasteiger partial charge on any atom is -0.457 e. The topological polar surface area (TPSA) is 29.5 Å². The molecule has 3 nitrogen and oxygen atoms in total. The van der Waals surface area contributed by atoms with Gasteiger partial charge in [-0.2, -0.15) is 11.8 Å². The molecule has 1 atom stereocenters. The van der Waals surface area contributed by atoms with Gasteiger partial charge < -0.3 is 9.64 Å². The highest BCUT2D eigenvalue weighted by atomic mass is 32.2. The Hall–Kier alpha value is -2.72. The normalized spacial score (nSPS) is 16.9. The van der Waals surface area contributed by atoms with Crippen molar-refractivity contribution < 1.29 is 9.53 Å². The zero-order chi connectivity index (χ0) is 20.1. The third-order valence-electron chi connectivity index (χ3n) is 5.25. The summed E-state index contributed by atoms with van der Waals surface area (Å²) in [6, 6.07) is 25.7. The lowest BCUT2D eigenvalue weighted by Gasteiger charge is -2.22. The van der Waals surface area contributed by atoms with Crippen LogP contribution < -0.4 is 4.74 Å². The molecule has 29 heavy (non-hydrogen) atoms. The fourth-order valence-electron chi connectivity index (χ4n) is 3.69. The smallest absolute Gasteiger partial charge is 0.257 e. The summed E-state index contributed by atoms with van der Waals surface area (Å²) in [5.41, 5.74) is 3.33. The van der Waals surface area contributed by atoms with E-state index in [9.17, 15) is 4.79 Å². The molecule has 1 aliphatic heterocycles. The average molecular weight is 404 g/mol. The molecule has 3 aromatic rings. The van der Waals surface area contributed by atoms with Crippen LogP contribution in [0.15, 0.2) is 78.9 Å². The minimum atomic E-state index is 0.0440. The van der Waals surface area contributed by atoms with Crippen LogP contribution in [0.25, 0.3) is 0 Å². The largest absolute Gasteiger partial charge is 0.457 e. The summed E-state index contributed by atoms with van der Waals surface area (Å²) in [6.45, 7) is 3.68. The molecule has 1 saturated heterocycles. The number of amides is 1. The Morgan fingerprint density at radius 2 is 1.66 bits per heavy atom. The van der Waals surface area contributed by atoms with Gasteiger partial charge in [-0.15, -0.1) is 0 Å². The van der Waals surface area contributed by atoms with Crippen LogP contribution in [0, 0.1) is 6.92 Å². The number of rotatable bonds is 4. The molecule has 0 saturated carbocycles. The molecule has 0 aromatic heterocycles. The van der Waals surface area contributed by atoms with Crippen LogP contribution in [0.1, 0.15) is 33.2 Å². The third kappa shape index (κ3) is 4.65. The molecule has 0 spiro atoms. The van der Waals surface area contributed by atoms with Gasteiger partial charge in [0.15, 0.2) is 0 Å². The summed E-state index contributed by atoms with van der Waals surface area (Å²) in [5.74, 6) is 2.32. The predicted molar refractivity (Wildman–Crippen MR) is 120 cm³/mol. The molecule has 4 rings (SSSR count). The Morgan fingerprint density at radius 1 is 0.931 bits per heavy atom. The molecule has 1 amide bonds. The molecule has 0 aliphatic carbocycles. The van der Waals surface area contributed by atoms with Gasteiger partial charge in [0.25, 0.3) is 5.91 Å². The van der Waals surface area contributed by atoms with Crippen LogP contribution in [0.5, 0.6) is 11.5 Å². The van der Waals surface area contributed by atoms with Crippen molar-refractivity contribution in [3.63, 3.8) is 0 Å². The van der Waals surface area contributed by atoms with E-state index in [4.69, 9.17) is 4.74 Å². The highest BCUT2D eigenvalue weighted by molar-refractivity contribution is 7.99.